The van der Waals surface area contributed by atoms with Crippen LogP contribution in [0.1, 0.15) is 96.8 Å². The van der Waals surface area contributed by atoms with Gasteiger partial charge in [-0.25, -0.2) is 9.78 Å². The lowest BCUT2D eigenvalue weighted by Gasteiger charge is -2.42. The van der Waals surface area contributed by atoms with Crippen molar-refractivity contribution in [2.24, 2.45) is 0 Å². The molecule has 2 atom stereocenters. The van der Waals surface area contributed by atoms with Gasteiger partial charge in [-0.15, -0.1) is 0 Å². The Labute approximate surface area is 251 Å². The molecule has 9 heteroatoms. The molecule has 8 nitrogen and oxygen atoms in total. The summed E-state index contributed by atoms with van der Waals surface area (Å²) in [6.07, 6.45) is 3.93. The second-order valence-corrected chi connectivity index (χ2v) is 11.6. The Morgan fingerprint density at radius 1 is 0.951 bits per heavy atom. The zero-order valence-corrected chi connectivity index (χ0v) is 27.2. The number of piperidine rings is 1. The maximum atomic E-state index is 13.7. The first-order valence-electron chi connectivity index (χ1n) is 15.2. The number of nitrogens with zero attached hydrogens (tertiary/aromatic N) is 6. The van der Waals surface area contributed by atoms with E-state index in [2.05, 4.69) is 27.9 Å². The summed E-state index contributed by atoms with van der Waals surface area (Å²) in [6.45, 7) is 19.6. The van der Waals surface area contributed by atoms with Gasteiger partial charge in [0.05, 0.1) is 17.8 Å². The van der Waals surface area contributed by atoms with E-state index in [0.717, 1.165) is 68.2 Å². The lowest BCUT2D eigenvalue weighted by molar-refractivity contribution is -0.00793. The number of likely N-dealkylation sites (N-methyl/N-ethyl adjacent to an activating group) is 1. The third-order valence-corrected chi connectivity index (χ3v) is 7.69. The van der Waals surface area contributed by atoms with Crippen molar-refractivity contribution in [1.29, 1.82) is 0 Å². The normalized spacial score (nSPS) is 19.7. The number of amides is 1. The van der Waals surface area contributed by atoms with Crippen LogP contribution in [-0.2, 0) is 4.74 Å². The maximum absolute atomic E-state index is 13.7. The predicted molar refractivity (Wildman–Crippen MR) is 169 cm³/mol. The SMILES string of the molecule is CC.CC.Cc1cccnc1C1CCCC(c2nc3cccc(N4CCN(C)CC4)n3c2Cl)N1C(=O)OC(C)(C)C. The van der Waals surface area contributed by atoms with E-state index in [-0.39, 0.29) is 18.2 Å². The predicted octanol–water partition coefficient (Wildman–Crippen LogP) is 7.70. The second kappa shape index (κ2) is 14.4. The molecule has 0 radical (unpaired) electrons. The van der Waals surface area contributed by atoms with Crippen LogP contribution in [0.25, 0.3) is 5.65 Å². The van der Waals surface area contributed by atoms with E-state index < -0.39 is 5.60 Å². The number of rotatable bonds is 3. The van der Waals surface area contributed by atoms with Gasteiger partial charge in [0.25, 0.3) is 0 Å². The lowest BCUT2D eigenvalue weighted by Crippen LogP contribution is -2.45. The molecule has 1 amide bonds. The zero-order chi connectivity index (χ0) is 30.3. The number of aromatic nitrogens is 3. The molecular formula is C32H49ClN6O2. The minimum atomic E-state index is -0.625. The van der Waals surface area contributed by atoms with E-state index in [1.165, 1.54) is 0 Å². The van der Waals surface area contributed by atoms with Crippen molar-refractivity contribution in [2.75, 3.05) is 38.1 Å². The Balaban J connectivity index is 0.00000111. The first-order chi connectivity index (χ1) is 19.6. The van der Waals surface area contributed by atoms with E-state index >= 15 is 0 Å². The summed E-state index contributed by atoms with van der Waals surface area (Å²) >= 11 is 7.14. The Bertz CT molecular complexity index is 1280. The molecule has 0 aliphatic carbocycles. The summed E-state index contributed by atoms with van der Waals surface area (Å²) in [6, 6.07) is 9.55. The van der Waals surface area contributed by atoms with Crippen molar-refractivity contribution in [3.8, 4) is 0 Å². The number of ether oxygens (including phenoxy) is 1. The second-order valence-electron chi connectivity index (χ2n) is 11.2. The summed E-state index contributed by atoms with van der Waals surface area (Å²) in [5.41, 5.74) is 2.83. The van der Waals surface area contributed by atoms with Crippen LogP contribution in [-0.4, -0.2) is 69.1 Å². The molecule has 0 saturated carbocycles. The van der Waals surface area contributed by atoms with Crippen LogP contribution >= 0.6 is 11.6 Å². The number of fused-ring (bicyclic) bond motifs is 1. The Kier molecular flexibility index (Phi) is 11.4. The quantitative estimate of drug-likeness (QED) is 0.314. The highest BCUT2D eigenvalue weighted by molar-refractivity contribution is 6.30. The minimum absolute atomic E-state index is 0.215. The van der Waals surface area contributed by atoms with Gasteiger partial charge in [0, 0.05) is 32.4 Å². The molecule has 2 unspecified atom stereocenters. The molecule has 226 valence electrons. The largest absolute Gasteiger partial charge is 0.444 e. The van der Waals surface area contributed by atoms with Crippen LogP contribution in [0.5, 0.6) is 0 Å². The minimum Gasteiger partial charge on any atom is -0.444 e. The van der Waals surface area contributed by atoms with Crippen LogP contribution in [0.2, 0.25) is 5.15 Å². The van der Waals surface area contributed by atoms with E-state index in [0.29, 0.717) is 10.8 Å². The topological polar surface area (TPSA) is 66.2 Å². The van der Waals surface area contributed by atoms with Gasteiger partial charge >= 0.3 is 6.09 Å². The average Bonchev–Trinajstić information content (AvgIpc) is 3.31. The van der Waals surface area contributed by atoms with E-state index in [1.807, 2.05) is 89.0 Å². The molecule has 2 saturated heterocycles. The van der Waals surface area contributed by atoms with Gasteiger partial charge in [-0.1, -0.05) is 51.4 Å². The zero-order valence-electron chi connectivity index (χ0n) is 26.4. The van der Waals surface area contributed by atoms with Gasteiger partial charge in [-0.3, -0.25) is 14.3 Å². The number of aryl methyl sites for hydroxylation is 1. The van der Waals surface area contributed by atoms with Gasteiger partial charge in [-0.2, -0.15) is 0 Å². The van der Waals surface area contributed by atoms with E-state index in [1.54, 1.807) is 6.20 Å². The van der Waals surface area contributed by atoms with Crippen LogP contribution in [0.3, 0.4) is 0 Å². The molecule has 2 fully saturated rings. The number of piperazine rings is 1. The van der Waals surface area contributed by atoms with Gasteiger partial charge < -0.3 is 14.5 Å². The molecule has 2 aliphatic rings. The molecule has 2 aliphatic heterocycles. The van der Waals surface area contributed by atoms with Crippen molar-refractivity contribution in [2.45, 2.75) is 92.3 Å². The number of hydrogen-bond donors (Lipinski definition) is 0. The number of carbonyl (C=O) groups is 1. The van der Waals surface area contributed by atoms with Gasteiger partial charge in [-0.05, 0) is 77.8 Å². The van der Waals surface area contributed by atoms with Crippen LogP contribution in [0.4, 0.5) is 10.6 Å². The molecule has 41 heavy (non-hydrogen) atoms. The summed E-state index contributed by atoms with van der Waals surface area (Å²) in [5.74, 6) is 1.03. The fraction of sp³-hybridized carbons (Fsp3) is 0.594. The molecule has 0 bridgehead atoms. The monoisotopic (exact) mass is 584 g/mol. The van der Waals surface area contributed by atoms with Crippen molar-refractivity contribution in [3.63, 3.8) is 0 Å². The van der Waals surface area contributed by atoms with Crippen LogP contribution < -0.4 is 4.90 Å². The number of hydrogen-bond acceptors (Lipinski definition) is 6. The molecule has 0 spiro atoms. The van der Waals surface area contributed by atoms with Crippen LogP contribution in [0.15, 0.2) is 36.5 Å². The number of likely N-dealkylation sites (tertiary alicyclic amines) is 1. The van der Waals surface area contributed by atoms with Crippen molar-refractivity contribution in [3.05, 3.63) is 58.6 Å². The van der Waals surface area contributed by atoms with Crippen LogP contribution in [0, 0.1) is 6.92 Å². The summed E-state index contributed by atoms with van der Waals surface area (Å²) in [4.78, 5) is 30.0. The Morgan fingerprint density at radius 3 is 2.20 bits per heavy atom. The molecule has 3 aromatic heterocycles. The summed E-state index contributed by atoms with van der Waals surface area (Å²) in [7, 11) is 2.15. The van der Waals surface area contributed by atoms with Gasteiger partial charge in [0.1, 0.15) is 27.9 Å². The Morgan fingerprint density at radius 2 is 1.59 bits per heavy atom. The van der Waals surface area contributed by atoms with Gasteiger partial charge in [0.2, 0.25) is 0 Å². The van der Waals surface area contributed by atoms with Crippen molar-refractivity contribution < 1.29 is 9.53 Å². The highest BCUT2D eigenvalue weighted by atomic mass is 35.5. The third kappa shape index (κ3) is 7.33. The van der Waals surface area contributed by atoms with Crippen molar-refractivity contribution >= 4 is 29.2 Å². The number of anilines is 1. The molecule has 0 N–H and O–H groups in total. The first kappa shape index (κ1) is 32.7. The lowest BCUT2D eigenvalue weighted by atomic mass is 9.90. The number of carbonyl (C=O) groups excluding carboxylic acids is 1. The molecule has 5 rings (SSSR count). The maximum Gasteiger partial charge on any atom is 0.411 e. The highest BCUT2D eigenvalue weighted by Gasteiger charge is 2.42. The van der Waals surface area contributed by atoms with Crippen molar-refractivity contribution in [1.82, 2.24) is 24.2 Å². The fourth-order valence-corrected chi connectivity index (χ4v) is 5.85. The van der Waals surface area contributed by atoms with E-state index in [9.17, 15) is 4.79 Å². The highest BCUT2D eigenvalue weighted by Crippen LogP contribution is 2.44. The standard InChI is InChI=1S/C28H37ClN6O2.2C2H6/c1-19-9-8-14-30-24(19)20-10-6-11-21(34(20)27(36)37-28(2,3)4)25-26(29)35-22(31-25)12-7-13-23(35)33-17-15-32(5)16-18-33;2*1-2/h7-9,12-14,20-21H,6,10-11,15-18H2,1-5H3;2*1-2H3. The number of halogens is 1. The number of pyridine rings is 2. The van der Waals surface area contributed by atoms with Gasteiger partial charge in [0.15, 0.2) is 0 Å². The average molecular weight is 585 g/mol. The fourth-order valence-electron chi connectivity index (χ4n) is 5.51. The first-order valence-corrected chi connectivity index (χ1v) is 15.5. The smallest absolute Gasteiger partial charge is 0.411 e. The molecule has 0 aromatic carbocycles. The molecular weight excluding hydrogens is 536 g/mol. The summed E-state index contributed by atoms with van der Waals surface area (Å²) in [5, 5.41) is 0.557. The number of imidazole rings is 1. The third-order valence-electron chi connectivity index (χ3n) is 7.33. The Hall–Kier alpha value is -2.84. The van der Waals surface area contributed by atoms with E-state index in [4.69, 9.17) is 21.3 Å². The molecule has 3 aromatic rings. The molecule has 5 heterocycles. The summed E-state index contributed by atoms with van der Waals surface area (Å²) < 4.78 is 7.96.